The molecule has 5 atom stereocenters. The van der Waals surface area contributed by atoms with Gasteiger partial charge in [-0.25, -0.2) is 0 Å². The number of fused-ring (bicyclic) bond motifs is 1. The topological polar surface area (TPSA) is 66.5 Å². The Bertz CT molecular complexity index is 1020. The summed E-state index contributed by atoms with van der Waals surface area (Å²) < 4.78 is 0. The summed E-state index contributed by atoms with van der Waals surface area (Å²) in [5, 5.41) is 3.43. The second kappa shape index (κ2) is 7.97. The first kappa shape index (κ1) is 20.0. The summed E-state index contributed by atoms with van der Waals surface area (Å²) in [5.41, 5.74) is 1.47. The summed E-state index contributed by atoms with van der Waals surface area (Å²) in [6.07, 6.45) is 6.30. The van der Waals surface area contributed by atoms with Crippen molar-refractivity contribution in [3.63, 3.8) is 0 Å². The zero-order chi connectivity index (χ0) is 21.5. The van der Waals surface area contributed by atoms with E-state index in [-0.39, 0.29) is 47.8 Å². The molecule has 1 N–H and O–H groups in total. The molecule has 3 aliphatic carbocycles. The minimum absolute atomic E-state index is 0.0909. The molecule has 1 saturated heterocycles. The number of halogens is 1. The fourth-order valence-electron chi connectivity index (χ4n) is 5.30. The molecule has 2 fully saturated rings. The second-order valence-corrected chi connectivity index (χ2v) is 9.03. The highest BCUT2D eigenvalue weighted by Gasteiger charge is 2.58. The molecular formula is C25H23ClN2O3. The monoisotopic (exact) mass is 434 g/mol. The van der Waals surface area contributed by atoms with E-state index in [2.05, 4.69) is 17.5 Å². The first-order chi connectivity index (χ1) is 15.0. The lowest BCUT2D eigenvalue weighted by Gasteiger charge is -2.38. The number of nitrogens with zero attached hydrogens (tertiary/aromatic N) is 1. The molecule has 0 unspecified atom stereocenters. The molecule has 2 bridgehead atoms. The molecule has 31 heavy (non-hydrogen) atoms. The number of imide groups is 1. The van der Waals surface area contributed by atoms with Gasteiger partial charge in [-0.3, -0.25) is 19.3 Å². The fraction of sp³-hybridized carbons (Fsp3) is 0.320. The van der Waals surface area contributed by atoms with Crippen molar-refractivity contribution in [1.29, 1.82) is 0 Å². The van der Waals surface area contributed by atoms with Crippen LogP contribution in [0.4, 0.5) is 5.69 Å². The van der Waals surface area contributed by atoms with E-state index in [0.29, 0.717) is 10.7 Å². The number of rotatable bonds is 5. The molecule has 2 aromatic rings. The minimum atomic E-state index is -0.900. The van der Waals surface area contributed by atoms with Crippen LogP contribution in [0.5, 0.6) is 0 Å². The van der Waals surface area contributed by atoms with Crippen molar-refractivity contribution < 1.29 is 14.4 Å². The van der Waals surface area contributed by atoms with E-state index in [1.165, 1.54) is 4.90 Å². The molecule has 158 valence electrons. The molecule has 0 radical (unpaired) electrons. The van der Waals surface area contributed by atoms with Crippen molar-refractivity contribution in [3.05, 3.63) is 77.3 Å². The third kappa shape index (κ3) is 3.57. The molecular weight excluding hydrogens is 412 g/mol. The molecule has 6 heteroatoms. The average Bonchev–Trinajstić information content (AvgIpc) is 3.07. The maximum Gasteiger partial charge on any atom is 0.248 e. The Balaban J connectivity index is 1.46. The zero-order valence-electron chi connectivity index (χ0n) is 16.9. The maximum absolute atomic E-state index is 13.4. The van der Waals surface area contributed by atoms with Gasteiger partial charge in [0.25, 0.3) is 0 Å². The number of hydrogen-bond donors (Lipinski definition) is 1. The third-order valence-corrected chi connectivity index (χ3v) is 7.04. The van der Waals surface area contributed by atoms with Gasteiger partial charge in [-0.05, 0) is 54.5 Å². The molecule has 5 nitrogen and oxygen atoms in total. The Morgan fingerprint density at radius 2 is 1.52 bits per heavy atom. The number of allylic oxidation sites excluding steroid dienone is 2. The van der Waals surface area contributed by atoms with Crippen LogP contribution in [0.2, 0.25) is 5.02 Å². The van der Waals surface area contributed by atoms with Crippen LogP contribution in [0.3, 0.4) is 0 Å². The number of hydrogen-bond acceptors (Lipinski definition) is 3. The van der Waals surface area contributed by atoms with Crippen molar-refractivity contribution >= 4 is 35.0 Å². The number of carbonyl (C=O) groups is 3. The molecule has 0 spiro atoms. The summed E-state index contributed by atoms with van der Waals surface area (Å²) in [7, 11) is 0. The number of nitrogens with one attached hydrogen (secondary N) is 1. The second-order valence-electron chi connectivity index (χ2n) is 8.59. The summed E-state index contributed by atoms with van der Waals surface area (Å²) in [5.74, 6) is -1.27. The summed E-state index contributed by atoms with van der Waals surface area (Å²) in [6, 6.07) is 15.4. The molecule has 1 heterocycles. The Kier molecular flexibility index (Phi) is 5.14. The smallest absolute Gasteiger partial charge is 0.248 e. The number of likely N-dealkylation sites (tertiary alicyclic amines) is 1. The van der Waals surface area contributed by atoms with Crippen molar-refractivity contribution in [3.8, 4) is 0 Å². The van der Waals surface area contributed by atoms with Gasteiger partial charge in [0, 0.05) is 17.1 Å². The molecule has 1 saturated carbocycles. The highest BCUT2D eigenvalue weighted by molar-refractivity contribution is 6.30. The van der Waals surface area contributed by atoms with Gasteiger partial charge in [-0.2, -0.15) is 0 Å². The Morgan fingerprint density at radius 1 is 0.935 bits per heavy atom. The number of benzene rings is 2. The number of carbonyl (C=O) groups excluding carboxylic acids is 3. The molecule has 0 aromatic heterocycles. The predicted octanol–water partition coefficient (Wildman–Crippen LogP) is 4.09. The normalized spacial score (nSPS) is 27.3. The molecule has 3 amide bonds. The number of amides is 3. The first-order valence-corrected chi connectivity index (χ1v) is 11.1. The van der Waals surface area contributed by atoms with Crippen LogP contribution in [0.25, 0.3) is 0 Å². The van der Waals surface area contributed by atoms with E-state index >= 15 is 0 Å². The van der Waals surface area contributed by atoms with Crippen LogP contribution < -0.4 is 5.32 Å². The summed E-state index contributed by atoms with van der Waals surface area (Å²) in [6.45, 7) is 0. The highest BCUT2D eigenvalue weighted by Crippen LogP contribution is 2.50. The third-order valence-electron chi connectivity index (χ3n) is 6.79. The zero-order valence-corrected chi connectivity index (χ0v) is 17.7. The van der Waals surface area contributed by atoms with Gasteiger partial charge in [0.15, 0.2) is 0 Å². The van der Waals surface area contributed by atoms with Gasteiger partial charge in [-0.15, -0.1) is 0 Å². The Labute approximate surface area is 186 Å². The van der Waals surface area contributed by atoms with Gasteiger partial charge in [0.05, 0.1) is 11.8 Å². The van der Waals surface area contributed by atoms with Gasteiger partial charge < -0.3 is 5.32 Å². The van der Waals surface area contributed by atoms with Crippen LogP contribution in [-0.4, -0.2) is 28.7 Å². The van der Waals surface area contributed by atoms with Gasteiger partial charge >= 0.3 is 0 Å². The van der Waals surface area contributed by atoms with Crippen molar-refractivity contribution in [2.75, 3.05) is 5.32 Å². The average molecular weight is 435 g/mol. The molecule has 2 aromatic carbocycles. The van der Waals surface area contributed by atoms with E-state index in [9.17, 15) is 14.4 Å². The van der Waals surface area contributed by atoms with Crippen LogP contribution >= 0.6 is 11.6 Å². The van der Waals surface area contributed by atoms with Gasteiger partial charge in [0.1, 0.15) is 6.04 Å². The van der Waals surface area contributed by atoms with Crippen LogP contribution in [-0.2, 0) is 20.8 Å². The van der Waals surface area contributed by atoms with E-state index in [1.54, 1.807) is 24.3 Å². The Hall–Kier alpha value is -2.92. The standard InChI is InChI=1S/C25H23ClN2O3/c26-18-10-12-19(13-11-18)27-23(29)20(14-15-4-2-1-3-5-15)28-24(30)21-16-6-7-17(9-8-16)22(21)25(28)31/h1-7,10-13,16-17,20-22H,8-9,14H2,(H,27,29)/t16-,17-,20-,21-,22-/m0/s1. The number of anilines is 1. The Morgan fingerprint density at radius 3 is 2.06 bits per heavy atom. The van der Waals surface area contributed by atoms with E-state index < -0.39 is 6.04 Å². The lowest BCUT2D eigenvalue weighted by atomic mass is 9.63. The van der Waals surface area contributed by atoms with Crippen LogP contribution in [0.15, 0.2) is 66.7 Å². The van der Waals surface area contributed by atoms with Crippen LogP contribution in [0, 0.1) is 23.7 Å². The van der Waals surface area contributed by atoms with Gasteiger partial charge in [-0.1, -0.05) is 54.1 Å². The van der Waals surface area contributed by atoms with E-state index in [4.69, 9.17) is 11.6 Å². The lowest BCUT2D eigenvalue weighted by molar-refractivity contribution is -0.146. The quantitative estimate of drug-likeness (QED) is 0.569. The molecule has 4 aliphatic rings. The maximum atomic E-state index is 13.4. The van der Waals surface area contributed by atoms with E-state index in [1.807, 2.05) is 30.3 Å². The van der Waals surface area contributed by atoms with Crippen LogP contribution in [0.1, 0.15) is 18.4 Å². The minimum Gasteiger partial charge on any atom is -0.324 e. The predicted molar refractivity (Wildman–Crippen MR) is 118 cm³/mol. The van der Waals surface area contributed by atoms with Gasteiger partial charge in [0.2, 0.25) is 17.7 Å². The lowest BCUT2D eigenvalue weighted by Crippen LogP contribution is -2.49. The molecule has 6 rings (SSSR count). The van der Waals surface area contributed by atoms with Crippen molar-refractivity contribution in [1.82, 2.24) is 4.90 Å². The van der Waals surface area contributed by atoms with E-state index in [0.717, 1.165) is 18.4 Å². The largest absolute Gasteiger partial charge is 0.324 e. The SMILES string of the molecule is O=C(Nc1ccc(Cl)cc1)[C@H](Cc1ccccc1)N1C(=O)[C@@H]2[C@@H](C1=O)[C@H]1C=C[C@H]2CC1. The van der Waals surface area contributed by atoms with Crippen molar-refractivity contribution in [2.24, 2.45) is 23.7 Å². The summed E-state index contributed by atoms with van der Waals surface area (Å²) in [4.78, 5) is 41.5. The van der Waals surface area contributed by atoms with Crippen molar-refractivity contribution in [2.45, 2.75) is 25.3 Å². The highest BCUT2D eigenvalue weighted by atomic mass is 35.5. The fourth-order valence-corrected chi connectivity index (χ4v) is 5.43. The first-order valence-electron chi connectivity index (χ1n) is 10.7. The molecule has 1 aliphatic heterocycles. The summed E-state index contributed by atoms with van der Waals surface area (Å²) >= 11 is 5.95.